The van der Waals surface area contributed by atoms with Gasteiger partial charge in [0.15, 0.2) is 10.1 Å². The fourth-order valence-electron chi connectivity index (χ4n) is 1.65. The molecule has 2 rings (SSSR count). The molecule has 1 aromatic carbocycles. The molecular formula is C14H16N4O3S3. The van der Waals surface area contributed by atoms with Gasteiger partial charge in [-0.05, 0) is 24.3 Å². The largest absolute Gasteiger partial charge is 0.357 e. The number of hydrogen-bond acceptors (Lipinski definition) is 8. The molecule has 0 unspecified atom stereocenters. The second-order valence-corrected chi connectivity index (χ2v) is 8.65. The monoisotopic (exact) mass is 384 g/mol. The molecule has 0 fully saturated rings. The number of anilines is 2. The van der Waals surface area contributed by atoms with Crippen molar-refractivity contribution >= 4 is 49.7 Å². The summed E-state index contributed by atoms with van der Waals surface area (Å²) in [6.07, 6.45) is 2.79. The fraction of sp³-hybridized carbons (Fsp3) is 0.214. The molecule has 0 bridgehead atoms. The van der Waals surface area contributed by atoms with Crippen LogP contribution in [-0.4, -0.2) is 43.0 Å². The maximum Gasteiger partial charge on any atom is 0.229 e. The SMILES string of the molecule is C=CCNc1nnc(SCC(=O)c2ccc(NS(C)(=O)=O)cc2)s1. The minimum Gasteiger partial charge on any atom is -0.357 e. The smallest absolute Gasteiger partial charge is 0.229 e. The molecule has 1 aromatic heterocycles. The molecule has 0 aliphatic heterocycles. The second kappa shape index (κ2) is 8.27. The Balaban J connectivity index is 1.90. The van der Waals surface area contributed by atoms with Gasteiger partial charge >= 0.3 is 0 Å². The van der Waals surface area contributed by atoms with Gasteiger partial charge in [-0.3, -0.25) is 9.52 Å². The average Bonchev–Trinajstić information content (AvgIpc) is 2.97. The molecule has 24 heavy (non-hydrogen) atoms. The first-order chi connectivity index (χ1) is 11.4. The number of benzene rings is 1. The molecule has 0 spiro atoms. The van der Waals surface area contributed by atoms with Gasteiger partial charge in [0.25, 0.3) is 0 Å². The quantitative estimate of drug-likeness (QED) is 0.389. The fourth-order valence-corrected chi connectivity index (χ4v) is 3.87. The number of carbonyl (C=O) groups is 1. The van der Waals surface area contributed by atoms with E-state index in [1.165, 1.54) is 23.1 Å². The highest BCUT2D eigenvalue weighted by molar-refractivity contribution is 8.01. The van der Waals surface area contributed by atoms with Gasteiger partial charge in [-0.15, -0.1) is 16.8 Å². The molecule has 7 nitrogen and oxygen atoms in total. The van der Waals surface area contributed by atoms with Crippen molar-refractivity contribution in [2.24, 2.45) is 0 Å². The van der Waals surface area contributed by atoms with Gasteiger partial charge in [0.1, 0.15) is 0 Å². The summed E-state index contributed by atoms with van der Waals surface area (Å²) >= 11 is 2.68. The van der Waals surface area contributed by atoms with Crippen LogP contribution in [0.1, 0.15) is 10.4 Å². The van der Waals surface area contributed by atoms with E-state index in [0.29, 0.717) is 27.3 Å². The Morgan fingerprint density at radius 3 is 2.67 bits per heavy atom. The van der Waals surface area contributed by atoms with E-state index in [1.54, 1.807) is 30.3 Å². The Bertz CT molecular complexity index is 816. The van der Waals surface area contributed by atoms with Crippen molar-refractivity contribution in [2.75, 3.05) is 28.6 Å². The molecule has 0 aliphatic carbocycles. The molecule has 2 N–H and O–H groups in total. The van der Waals surface area contributed by atoms with Gasteiger partial charge < -0.3 is 5.32 Å². The van der Waals surface area contributed by atoms with Crippen molar-refractivity contribution in [3.8, 4) is 0 Å². The lowest BCUT2D eigenvalue weighted by molar-refractivity contribution is 0.102. The first kappa shape index (κ1) is 18.4. The van der Waals surface area contributed by atoms with Crippen molar-refractivity contribution < 1.29 is 13.2 Å². The molecule has 0 radical (unpaired) electrons. The summed E-state index contributed by atoms with van der Waals surface area (Å²) in [5.74, 6) is 0.163. The van der Waals surface area contributed by atoms with Crippen molar-refractivity contribution in [3.63, 3.8) is 0 Å². The minimum absolute atomic E-state index is 0.0679. The number of thioether (sulfide) groups is 1. The van der Waals surface area contributed by atoms with Crippen LogP contribution in [0.2, 0.25) is 0 Å². The van der Waals surface area contributed by atoms with Crippen LogP contribution < -0.4 is 10.0 Å². The Hall–Kier alpha value is -1.91. The molecule has 2 aromatic rings. The summed E-state index contributed by atoms with van der Waals surface area (Å²) in [4.78, 5) is 12.2. The van der Waals surface area contributed by atoms with Gasteiger partial charge in [0, 0.05) is 17.8 Å². The zero-order valence-corrected chi connectivity index (χ0v) is 15.3. The van der Waals surface area contributed by atoms with Crippen LogP contribution in [0.4, 0.5) is 10.8 Å². The van der Waals surface area contributed by atoms with E-state index in [4.69, 9.17) is 0 Å². The summed E-state index contributed by atoms with van der Waals surface area (Å²) in [5, 5.41) is 11.7. The van der Waals surface area contributed by atoms with Crippen LogP contribution >= 0.6 is 23.1 Å². The third kappa shape index (κ3) is 5.95. The van der Waals surface area contributed by atoms with Crippen LogP contribution in [0, 0.1) is 0 Å². The Morgan fingerprint density at radius 2 is 2.04 bits per heavy atom. The number of aromatic nitrogens is 2. The van der Waals surface area contributed by atoms with E-state index < -0.39 is 10.0 Å². The van der Waals surface area contributed by atoms with Gasteiger partial charge in [-0.1, -0.05) is 29.2 Å². The molecule has 0 aliphatic rings. The summed E-state index contributed by atoms with van der Waals surface area (Å²) < 4.78 is 25.3. The van der Waals surface area contributed by atoms with E-state index in [-0.39, 0.29) is 11.5 Å². The molecule has 0 amide bonds. The molecule has 10 heteroatoms. The number of sulfonamides is 1. The third-order valence-electron chi connectivity index (χ3n) is 2.64. The Labute approximate surface area is 148 Å². The van der Waals surface area contributed by atoms with E-state index in [1.807, 2.05) is 0 Å². The molecule has 0 atom stereocenters. The number of Topliss-reactive ketones (excluding diaryl/α,β-unsaturated/α-hetero) is 1. The van der Waals surface area contributed by atoms with Crippen LogP contribution in [-0.2, 0) is 10.0 Å². The Morgan fingerprint density at radius 1 is 1.33 bits per heavy atom. The van der Waals surface area contributed by atoms with Crippen LogP contribution in [0.3, 0.4) is 0 Å². The minimum atomic E-state index is -3.33. The normalized spacial score (nSPS) is 11.0. The number of carbonyl (C=O) groups excluding carboxylic acids is 1. The van der Waals surface area contributed by atoms with Crippen molar-refractivity contribution in [1.29, 1.82) is 0 Å². The molecule has 1 heterocycles. The number of ketones is 1. The van der Waals surface area contributed by atoms with Crippen LogP contribution in [0.25, 0.3) is 0 Å². The summed E-state index contributed by atoms with van der Waals surface area (Å²) in [7, 11) is -3.33. The maximum absolute atomic E-state index is 12.2. The predicted molar refractivity (Wildman–Crippen MR) is 98.6 cm³/mol. The highest BCUT2D eigenvalue weighted by atomic mass is 32.2. The van der Waals surface area contributed by atoms with Gasteiger partial charge in [-0.2, -0.15) is 0 Å². The molecular weight excluding hydrogens is 368 g/mol. The second-order valence-electron chi connectivity index (χ2n) is 4.71. The number of nitrogens with one attached hydrogen (secondary N) is 2. The van der Waals surface area contributed by atoms with E-state index >= 15 is 0 Å². The van der Waals surface area contributed by atoms with Crippen molar-refractivity contribution in [1.82, 2.24) is 10.2 Å². The molecule has 0 saturated carbocycles. The zero-order valence-electron chi connectivity index (χ0n) is 12.9. The first-order valence-corrected chi connectivity index (χ1v) is 10.5. The summed E-state index contributed by atoms with van der Waals surface area (Å²) in [6.45, 7) is 4.21. The van der Waals surface area contributed by atoms with Crippen LogP contribution in [0.5, 0.6) is 0 Å². The standard InChI is InChI=1S/C14H16N4O3S3/c1-3-8-15-13-16-17-14(23-13)22-9-12(19)10-4-6-11(7-5-10)18-24(2,20)21/h3-7,18H,1,8-9H2,2H3,(H,15,16). The number of nitrogens with zero attached hydrogens (tertiary/aromatic N) is 2. The first-order valence-electron chi connectivity index (χ1n) is 6.79. The zero-order chi connectivity index (χ0) is 17.6. The van der Waals surface area contributed by atoms with E-state index in [0.717, 1.165) is 6.26 Å². The number of hydrogen-bond donors (Lipinski definition) is 2. The van der Waals surface area contributed by atoms with Gasteiger partial charge in [0.2, 0.25) is 15.2 Å². The topological polar surface area (TPSA) is 101 Å². The number of rotatable bonds is 9. The third-order valence-corrected chi connectivity index (χ3v) is 5.26. The van der Waals surface area contributed by atoms with Gasteiger partial charge in [0.05, 0.1) is 12.0 Å². The Kier molecular flexibility index (Phi) is 6.35. The molecule has 0 saturated heterocycles. The van der Waals surface area contributed by atoms with Crippen molar-refractivity contribution in [2.45, 2.75) is 4.34 Å². The van der Waals surface area contributed by atoms with Crippen molar-refractivity contribution in [3.05, 3.63) is 42.5 Å². The predicted octanol–water partition coefficient (Wildman–Crippen LogP) is 2.48. The average molecular weight is 385 g/mol. The lowest BCUT2D eigenvalue weighted by Crippen LogP contribution is -2.10. The lowest BCUT2D eigenvalue weighted by atomic mass is 10.1. The summed E-state index contributed by atoms with van der Waals surface area (Å²) in [6, 6.07) is 6.30. The summed E-state index contributed by atoms with van der Waals surface area (Å²) in [5.41, 5.74) is 0.930. The maximum atomic E-state index is 12.2. The van der Waals surface area contributed by atoms with Crippen LogP contribution in [0.15, 0.2) is 41.3 Å². The van der Waals surface area contributed by atoms with Gasteiger partial charge in [-0.25, -0.2) is 8.42 Å². The highest BCUT2D eigenvalue weighted by Gasteiger charge is 2.10. The highest BCUT2D eigenvalue weighted by Crippen LogP contribution is 2.26. The van der Waals surface area contributed by atoms with E-state index in [9.17, 15) is 13.2 Å². The molecule has 128 valence electrons. The lowest BCUT2D eigenvalue weighted by Gasteiger charge is -2.04. The van der Waals surface area contributed by atoms with E-state index in [2.05, 4.69) is 26.8 Å².